The van der Waals surface area contributed by atoms with E-state index in [1.54, 1.807) is 12.1 Å². The van der Waals surface area contributed by atoms with Crippen LogP contribution in [-0.4, -0.2) is 44.7 Å². The Kier molecular flexibility index (Phi) is 5.88. The number of aromatic nitrogens is 1. The van der Waals surface area contributed by atoms with E-state index >= 15 is 0 Å². The lowest BCUT2D eigenvalue weighted by Gasteiger charge is -2.29. The monoisotopic (exact) mass is 472 g/mol. The molecule has 5 rings (SSSR count). The smallest absolute Gasteiger partial charge is 0.256 e. The molecule has 0 bridgehead atoms. The maximum atomic E-state index is 12.7. The van der Waals surface area contributed by atoms with Crippen molar-refractivity contribution in [3.63, 3.8) is 0 Å². The van der Waals surface area contributed by atoms with E-state index in [9.17, 15) is 13.2 Å². The van der Waals surface area contributed by atoms with E-state index in [1.807, 2.05) is 18.2 Å². The summed E-state index contributed by atoms with van der Waals surface area (Å²) in [5.41, 5.74) is 5.41. The third-order valence-electron chi connectivity index (χ3n) is 6.87. The first-order valence-corrected chi connectivity index (χ1v) is 13.4. The summed E-state index contributed by atoms with van der Waals surface area (Å²) >= 11 is 0. The molecule has 5 nitrogen and oxygen atoms in total. The second kappa shape index (κ2) is 8.85. The van der Waals surface area contributed by atoms with Crippen LogP contribution in [0.5, 0.6) is 0 Å². The molecule has 3 aromatic carbocycles. The molecule has 0 aliphatic carbocycles. The Morgan fingerprint density at radius 3 is 2.09 bits per heavy atom. The highest BCUT2D eigenvalue weighted by atomic mass is 32.2. The fourth-order valence-corrected chi connectivity index (χ4v) is 5.40. The van der Waals surface area contributed by atoms with Gasteiger partial charge in [0, 0.05) is 17.3 Å². The number of likely N-dealkylation sites (tertiary alicyclic amines) is 1. The van der Waals surface area contributed by atoms with E-state index in [0.29, 0.717) is 17.0 Å². The molecule has 2 heterocycles. The fraction of sp³-hybridized carbons (Fsp3) is 0.250. The lowest BCUT2D eigenvalue weighted by molar-refractivity contribution is 0.255. The Morgan fingerprint density at radius 1 is 0.824 bits per heavy atom. The highest BCUT2D eigenvalue weighted by molar-refractivity contribution is 7.90. The van der Waals surface area contributed by atoms with Crippen LogP contribution in [-0.2, 0) is 9.84 Å². The number of rotatable bonds is 4. The molecule has 0 radical (unpaired) electrons. The van der Waals surface area contributed by atoms with Crippen LogP contribution in [0.4, 0.5) is 0 Å². The van der Waals surface area contributed by atoms with Crippen LogP contribution < -0.4 is 5.56 Å². The van der Waals surface area contributed by atoms with Crippen LogP contribution in [0.15, 0.2) is 82.5 Å². The molecule has 0 spiro atoms. The quantitative estimate of drug-likeness (QED) is 0.450. The molecular weight excluding hydrogens is 444 g/mol. The van der Waals surface area contributed by atoms with Crippen LogP contribution in [0, 0.1) is 0 Å². The molecule has 174 valence electrons. The number of sulfone groups is 1. The van der Waals surface area contributed by atoms with E-state index in [1.165, 1.54) is 36.8 Å². The zero-order valence-electron chi connectivity index (χ0n) is 19.4. The lowest BCUT2D eigenvalue weighted by Crippen LogP contribution is -2.29. The molecule has 0 saturated carbocycles. The molecule has 4 aromatic rings. The second-order valence-electron chi connectivity index (χ2n) is 9.31. The average Bonchev–Trinajstić information content (AvgIpc) is 2.83. The van der Waals surface area contributed by atoms with E-state index in [2.05, 4.69) is 47.3 Å². The summed E-state index contributed by atoms with van der Waals surface area (Å²) in [6, 6.07) is 23.2. The molecule has 1 fully saturated rings. The van der Waals surface area contributed by atoms with Gasteiger partial charge >= 0.3 is 0 Å². The number of nitrogens with one attached hydrogen (secondary N) is 1. The van der Waals surface area contributed by atoms with Gasteiger partial charge in [0.15, 0.2) is 9.84 Å². The van der Waals surface area contributed by atoms with Gasteiger partial charge in [-0.15, -0.1) is 0 Å². The van der Waals surface area contributed by atoms with Gasteiger partial charge in [0.2, 0.25) is 0 Å². The fourth-order valence-electron chi connectivity index (χ4n) is 4.77. The van der Waals surface area contributed by atoms with Gasteiger partial charge in [-0.05, 0) is 96.9 Å². The van der Waals surface area contributed by atoms with Crippen LogP contribution >= 0.6 is 0 Å². The minimum absolute atomic E-state index is 0.199. The summed E-state index contributed by atoms with van der Waals surface area (Å²) in [5.74, 6) is 0.628. The van der Waals surface area contributed by atoms with Crippen molar-refractivity contribution in [3.05, 3.63) is 88.7 Å². The van der Waals surface area contributed by atoms with Gasteiger partial charge in [0.05, 0.1) is 4.90 Å². The zero-order valence-corrected chi connectivity index (χ0v) is 20.2. The van der Waals surface area contributed by atoms with Gasteiger partial charge in [-0.3, -0.25) is 4.79 Å². The number of nitrogens with zero attached hydrogens (tertiary/aromatic N) is 1. The zero-order chi connectivity index (χ0) is 23.9. The number of hydrogen-bond acceptors (Lipinski definition) is 4. The van der Waals surface area contributed by atoms with Gasteiger partial charge in [0.25, 0.3) is 5.56 Å². The van der Waals surface area contributed by atoms with Crippen molar-refractivity contribution in [2.75, 3.05) is 26.4 Å². The number of aromatic amines is 1. The molecule has 1 aliphatic heterocycles. The molecule has 34 heavy (non-hydrogen) atoms. The van der Waals surface area contributed by atoms with E-state index in [4.69, 9.17) is 0 Å². The standard InChI is InChI=1S/C28H28N2O3S/c1-30-15-13-21(14-16-30)19-3-5-20(6-4-19)23-9-12-27-24(17-23)18-26(28(31)29-27)22-7-10-25(11-8-22)34(2,32)33/h3-12,17-18,21H,13-16H2,1-2H3,(H,29,31). The van der Waals surface area contributed by atoms with Crippen LogP contribution in [0.25, 0.3) is 33.2 Å². The number of H-pyrrole nitrogens is 1. The normalized spacial score (nSPS) is 15.6. The molecule has 0 atom stereocenters. The Balaban J connectivity index is 1.46. The largest absolute Gasteiger partial charge is 0.321 e. The summed E-state index contributed by atoms with van der Waals surface area (Å²) < 4.78 is 23.5. The van der Waals surface area contributed by atoms with Crippen molar-refractivity contribution >= 4 is 20.7 Å². The number of piperidine rings is 1. The third kappa shape index (κ3) is 4.56. The molecule has 1 aromatic heterocycles. The van der Waals surface area contributed by atoms with Crippen molar-refractivity contribution in [1.82, 2.24) is 9.88 Å². The van der Waals surface area contributed by atoms with Crippen LogP contribution in [0.1, 0.15) is 24.3 Å². The maximum absolute atomic E-state index is 12.7. The van der Waals surface area contributed by atoms with Crippen molar-refractivity contribution in [2.45, 2.75) is 23.7 Å². The SMILES string of the molecule is CN1CCC(c2ccc(-c3ccc4[nH]c(=O)c(-c5ccc(S(C)(=O)=O)cc5)cc4c3)cc2)CC1. The molecule has 0 amide bonds. The van der Waals surface area contributed by atoms with Gasteiger partial charge in [-0.25, -0.2) is 8.42 Å². The highest BCUT2D eigenvalue weighted by Crippen LogP contribution is 2.31. The van der Waals surface area contributed by atoms with Gasteiger partial charge < -0.3 is 9.88 Å². The van der Waals surface area contributed by atoms with Crippen molar-refractivity contribution in [2.24, 2.45) is 0 Å². The summed E-state index contributed by atoms with van der Waals surface area (Å²) in [6.07, 6.45) is 3.58. The molecule has 6 heteroatoms. The Bertz CT molecular complexity index is 1500. The molecule has 0 unspecified atom stereocenters. The Morgan fingerprint density at radius 2 is 1.44 bits per heavy atom. The highest BCUT2D eigenvalue weighted by Gasteiger charge is 2.18. The van der Waals surface area contributed by atoms with Gasteiger partial charge in [-0.2, -0.15) is 0 Å². The number of pyridine rings is 1. The van der Waals surface area contributed by atoms with E-state index in [-0.39, 0.29) is 10.5 Å². The first kappa shape index (κ1) is 22.6. The second-order valence-corrected chi connectivity index (χ2v) is 11.3. The summed E-state index contributed by atoms with van der Waals surface area (Å²) in [4.78, 5) is 18.3. The molecule has 1 N–H and O–H groups in total. The van der Waals surface area contributed by atoms with Crippen molar-refractivity contribution in [1.29, 1.82) is 0 Å². The first-order valence-electron chi connectivity index (χ1n) is 11.5. The summed E-state index contributed by atoms with van der Waals surface area (Å²) in [5, 5.41) is 0.929. The van der Waals surface area contributed by atoms with Crippen LogP contribution in [0.2, 0.25) is 0 Å². The molecular formula is C28H28N2O3S. The number of benzene rings is 3. The van der Waals surface area contributed by atoms with Gasteiger partial charge in [0.1, 0.15) is 0 Å². The summed E-state index contributed by atoms with van der Waals surface area (Å²) in [7, 11) is -1.10. The van der Waals surface area contributed by atoms with E-state index in [0.717, 1.165) is 35.1 Å². The van der Waals surface area contributed by atoms with Crippen molar-refractivity contribution < 1.29 is 8.42 Å². The molecule has 1 aliphatic rings. The van der Waals surface area contributed by atoms with Crippen LogP contribution in [0.3, 0.4) is 0 Å². The topological polar surface area (TPSA) is 70.2 Å². The minimum Gasteiger partial charge on any atom is -0.321 e. The van der Waals surface area contributed by atoms with Gasteiger partial charge in [-0.1, -0.05) is 42.5 Å². The predicted octanol–water partition coefficient (Wildman–Crippen LogP) is 5.07. The molecule has 1 saturated heterocycles. The Hall–Kier alpha value is -3.22. The third-order valence-corrected chi connectivity index (χ3v) is 8.00. The predicted molar refractivity (Wildman–Crippen MR) is 138 cm³/mol. The number of hydrogen-bond donors (Lipinski definition) is 1. The first-order chi connectivity index (χ1) is 16.3. The minimum atomic E-state index is -3.28. The number of fused-ring (bicyclic) bond motifs is 1. The summed E-state index contributed by atoms with van der Waals surface area (Å²) in [6.45, 7) is 2.29. The van der Waals surface area contributed by atoms with E-state index < -0.39 is 9.84 Å². The average molecular weight is 473 g/mol. The lowest BCUT2D eigenvalue weighted by atomic mass is 9.88. The van der Waals surface area contributed by atoms with Crippen molar-refractivity contribution in [3.8, 4) is 22.3 Å². The Labute approximate surface area is 200 Å². The maximum Gasteiger partial charge on any atom is 0.256 e.